The van der Waals surface area contributed by atoms with Crippen LogP contribution in [0.3, 0.4) is 0 Å². The molecule has 0 saturated carbocycles. The molecular formula is C13H13N5O3. The number of benzene rings is 1. The highest BCUT2D eigenvalue weighted by Gasteiger charge is 2.23. The molecule has 0 aliphatic heterocycles. The average molecular weight is 287 g/mol. The van der Waals surface area contributed by atoms with Crippen LogP contribution in [0, 0.1) is 10.1 Å². The molecular weight excluding hydrogens is 274 g/mol. The summed E-state index contributed by atoms with van der Waals surface area (Å²) >= 11 is 0. The highest BCUT2D eigenvalue weighted by molar-refractivity contribution is 6.10. The number of nitrogens with two attached hydrogens (primary N) is 1. The molecule has 3 N–H and O–H groups in total. The monoisotopic (exact) mass is 287 g/mol. The van der Waals surface area contributed by atoms with Crippen molar-refractivity contribution in [2.75, 3.05) is 17.4 Å². The zero-order chi connectivity index (χ0) is 15.4. The van der Waals surface area contributed by atoms with E-state index in [0.717, 1.165) is 0 Å². The predicted molar refractivity (Wildman–Crippen MR) is 77.9 cm³/mol. The van der Waals surface area contributed by atoms with Crippen LogP contribution in [-0.4, -0.2) is 22.9 Å². The number of nitrogen functional groups attached to an aromatic ring is 1. The number of nitro benzene ring substituents is 1. The molecule has 0 aliphatic carbocycles. The first-order valence-corrected chi connectivity index (χ1v) is 5.98. The van der Waals surface area contributed by atoms with E-state index < -0.39 is 10.8 Å². The summed E-state index contributed by atoms with van der Waals surface area (Å²) in [5.74, 6) is 4.90. The number of carbonyl (C=O) groups is 1. The van der Waals surface area contributed by atoms with E-state index in [1.807, 2.05) is 0 Å². The van der Waals surface area contributed by atoms with Crippen molar-refractivity contribution >= 4 is 23.0 Å². The summed E-state index contributed by atoms with van der Waals surface area (Å²) in [5, 5.41) is 11.0. The summed E-state index contributed by atoms with van der Waals surface area (Å²) < 4.78 is 0. The Bertz CT molecular complexity index is 675. The molecule has 0 saturated heterocycles. The van der Waals surface area contributed by atoms with Gasteiger partial charge in [0.15, 0.2) is 0 Å². The minimum Gasteiger partial charge on any atom is -0.318 e. The molecule has 1 aromatic heterocycles. The van der Waals surface area contributed by atoms with Crippen molar-refractivity contribution in [3.05, 3.63) is 58.4 Å². The first-order valence-electron chi connectivity index (χ1n) is 5.98. The zero-order valence-corrected chi connectivity index (χ0v) is 11.2. The number of hydrogen-bond acceptors (Lipinski definition) is 6. The van der Waals surface area contributed by atoms with Gasteiger partial charge in [-0.1, -0.05) is 6.07 Å². The number of para-hydroxylation sites is 1. The Balaban J connectivity index is 2.44. The lowest BCUT2D eigenvalue weighted by Gasteiger charge is -2.18. The van der Waals surface area contributed by atoms with Crippen LogP contribution < -0.4 is 16.2 Å². The van der Waals surface area contributed by atoms with Gasteiger partial charge in [0.1, 0.15) is 5.69 Å². The van der Waals surface area contributed by atoms with Gasteiger partial charge in [0.05, 0.1) is 22.4 Å². The van der Waals surface area contributed by atoms with Gasteiger partial charge in [0.2, 0.25) is 0 Å². The Labute approximate surface area is 120 Å². The third kappa shape index (κ3) is 2.79. The number of hydrazine groups is 1. The Morgan fingerprint density at radius 2 is 2.14 bits per heavy atom. The third-order valence-electron chi connectivity index (χ3n) is 2.95. The van der Waals surface area contributed by atoms with Crippen LogP contribution in [0.4, 0.5) is 17.1 Å². The number of nitrogens with one attached hydrogen (secondary N) is 1. The number of nitro groups is 1. The van der Waals surface area contributed by atoms with Gasteiger partial charge < -0.3 is 10.3 Å². The smallest absolute Gasteiger partial charge is 0.294 e. The van der Waals surface area contributed by atoms with E-state index in [1.54, 1.807) is 25.4 Å². The van der Waals surface area contributed by atoms with E-state index in [0.29, 0.717) is 5.69 Å². The molecule has 1 aromatic carbocycles. The number of pyridine rings is 1. The van der Waals surface area contributed by atoms with Gasteiger partial charge >= 0.3 is 0 Å². The second-order valence-electron chi connectivity index (χ2n) is 4.18. The van der Waals surface area contributed by atoms with Crippen LogP contribution in [0.2, 0.25) is 0 Å². The Morgan fingerprint density at radius 3 is 2.71 bits per heavy atom. The van der Waals surface area contributed by atoms with E-state index in [9.17, 15) is 14.9 Å². The van der Waals surface area contributed by atoms with Gasteiger partial charge in [0, 0.05) is 19.3 Å². The first-order chi connectivity index (χ1) is 10.1. The molecule has 108 valence electrons. The molecule has 0 bridgehead atoms. The Morgan fingerprint density at radius 1 is 1.38 bits per heavy atom. The number of aromatic nitrogens is 1. The van der Waals surface area contributed by atoms with Gasteiger partial charge in [-0.25, -0.2) is 0 Å². The fourth-order valence-electron chi connectivity index (χ4n) is 1.87. The maximum atomic E-state index is 12.5. The van der Waals surface area contributed by atoms with Crippen LogP contribution in [-0.2, 0) is 0 Å². The third-order valence-corrected chi connectivity index (χ3v) is 2.95. The summed E-state index contributed by atoms with van der Waals surface area (Å²) in [6.07, 6.45) is 3.10. The lowest BCUT2D eigenvalue weighted by Crippen LogP contribution is -2.28. The van der Waals surface area contributed by atoms with Crippen LogP contribution in [0.25, 0.3) is 0 Å². The van der Waals surface area contributed by atoms with Gasteiger partial charge in [-0.2, -0.15) is 0 Å². The number of anilines is 2. The zero-order valence-electron chi connectivity index (χ0n) is 11.2. The molecule has 8 heteroatoms. The summed E-state index contributed by atoms with van der Waals surface area (Å²) in [7, 11) is 1.55. The molecule has 8 nitrogen and oxygen atoms in total. The molecule has 0 unspecified atom stereocenters. The molecule has 1 heterocycles. The topological polar surface area (TPSA) is 114 Å². The molecule has 2 aromatic rings. The van der Waals surface area contributed by atoms with Gasteiger partial charge in [-0.3, -0.25) is 25.7 Å². The summed E-state index contributed by atoms with van der Waals surface area (Å²) in [6, 6.07) is 7.57. The van der Waals surface area contributed by atoms with Crippen molar-refractivity contribution < 1.29 is 9.72 Å². The quantitative estimate of drug-likeness (QED) is 0.501. The number of nitrogens with zero attached hydrogens (tertiary/aromatic N) is 3. The molecule has 0 radical (unpaired) electrons. The molecule has 2 rings (SSSR count). The van der Waals surface area contributed by atoms with Gasteiger partial charge in [0.25, 0.3) is 11.6 Å². The number of carbonyl (C=O) groups excluding carboxylic acids is 1. The maximum Gasteiger partial charge on any atom is 0.294 e. The van der Waals surface area contributed by atoms with Crippen LogP contribution in [0.15, 0.2) is 42.7 Å². The highest BCUT2D eigenvalue weighted by atomic mass is 16.6. The minimum absolute atomic E-state index is 0.0248. The van der Waals surface area contributed by atoms with E-state index in [-0.39, 0.29) is 16.9 Å². The molecule has 0 aliphatic rings. The normalized spacial score (nSPS) is 10.0. The van der Waals surface area contributed by atoms with Crippen molar-refractivity contribution in [3.8, 4) is 0 Å². The molecule has 0 spiro atoms. The van der Waals surface area contributed by atoms with Crippen molar-refractivity contribution in [1.29, 1.82) is 0 Å². The van der Waals surface area contributed by atoms with Gasteiger partial charge in [-0.15, -0.1) is 0 Å². The first kappa shape index (κ1) is 14.4. The molecule has 0 atom stereocenters. The summed E-state index contributed by atoms with van der Waals surface area (Å²) in [5.41, 5.74) is 2.62. The SMILES string of the molecule is CN(C(=O)c1cccc([N+](=O)[O-])c1NN)c1cccnc1. The lowest BCUT2D eigenvalue weighted by atomic mass is 10.1. The van der Waals surface area contributed by atoms with Crippen molar-refractivity contribution in [1.82, 2.24) is 4.98 Å². The second-order valence-corrected chi connectivity index (χ2v) is 4.18. The largest absolute Gasteiger partial charge is 0.318 e. The standard InChI is InChI=1S/C13H13N5O3/c1-17(9-4-3-7-15-8-9)13(19)10-5-2-6-11(18(20)21)12(10)16-14/h2-8,16H,14H2,1H3. The Hall–Kier alpha value is -3.00. The van der Waals surface area contributed by atoms with Crippen LogP contribution in [0.1, 0.15) is 10.4 Å². The minimum atomic E-state index is -0.601. The fraction of sp³-hybridized carbons (Fsp3) is 0.0769. The van der Waals surface area contributed by atoms with E-state index >= 15 is 0 Å². The predicted octanol–water partition coefficient (Wildman–Crippen LogP) is 1.55. The van der Waals surface area contributed by atoms with E-state index in [2.05, 4.69) is 10.4 Å². The van der Waals surface area contributed by atoms with Crippen molar-refractivity contribution in [2.24, 2.45) is 5.84 Å². The number of amides is 1. The van der Waals surface area contributed by atoms with E-state index in [4.69, 9.17) is 5.84 Å². The summed E-state index contributed by atoms with van der Waals surface area (Å²) in [4.78, 5) is 28.1. The van der Waals surface area contributed by atoms with E-state index in [1.165, 1.54) is 29.3 Å². The molecule has 21 heavy (non-hydrogen) atoms. The van der Waals surface area contributed by atoms with Gasteiger partial charge in [-0.05, 0) is 18.2 Å². The molecule has 0 fully saturated rings. The maximum absolute atomic E-state index is 12.5. The Kier molecular flexibility index (Phi) is 4.10. The van der Waals surface area contributed by atoms with Crippen molar-refractivity contribution in [2.45, 2.75) is 0 Å². The van der Waals surface area contributed by atoms with Crippen LogP contribution in [0.5, 0.6) is 0 Å². The van der Waals surface area contributed by atoms with Crippen LogP contribution >= 0.6 is 0 Å². The number of hydrogen-bond donors (Lipinski definition) is 2. The second kappa shape index (κ2) is 5.97. The lowest BCUT2D eigenvalue weighted by molar-refractivity contribution is -0.384. The molecule has 1 amide bonds. The van der Waals surface area contributed by atoms with Crippen molar-refractivity contribution in [3.63, 3.8) is 0 Å². The number of rotatable bonds is 4. The summed E-state index contributed by atoms with van der Waals surface area (Å²) in [6.45, 7) is 0. The highest BCUT2D eigenvalue weighted by Crippen LogP contribution is 2.29. The fourth-order valence-corrected chi connectivity index (χ4v) is 1.87. The average Bonchev–Trinajstić information content (AvgIpc) is 2.53.